The predicted molar refractivity (Wildman–Crippen MR) is 133 cm³/mol. The number of fused-ring (bicyclic) bond motifs is 2. The van der Waals surface area contributed by atoms with Crippen LogP contribution in [0.4, 0.5) is 4.79 Å². The zero-order chi connectivity index (χ0) is 27.8. The first-order chi connectivity index (χ1) is 17.9. The highest BCUT2D eigenvalue weighted by molar-refractivity contribution is 7.91. The zero-order valence-corrected chi connectivity index (χ0v) is 22.3. The standard InChI is InChI=1S/C24H36N4O9S/c1-3-18-19(25-23(33)34)21(31)28-12-15(29)10-17(28)20(30)26-24(22(32)27-38(35,36)16-8-9-16)11-14(24)7-5-4-6-13(2)37-18/h5,7,13-19,25,29H,3-4,6,8-12H2,1-2H3,(H,26,30)(H,27,32)(H,33,34)/t13-,14-,15-,17+,18+,19+,24-/m1/s1. The number of aliphatic hydroxyl groups is 1. The van der Waals surface area contributed by atoms with Gasteiger partial charge in [-0.2, -0.15) is 0 Å². The Balaban J connectivity index is 1.65. The summed E-state index contributed by atoms with van der Waals surface area (Å²) in [7, 11) is -3.86. The molecule has 0 aromatic heterocycles. The molecule has 4 aliphatic rings. The van der Waals surface area contributed by atoms with Crippen LogP contribution in [0.25, 0.3) is 0 Å². The van der Waals surface area contributed by atoms with E-state index in [-0.39, 0.29) is 25.5 Å². The molecule has 38 heavy (non-hydrogen) atoms. The maximum Gasteiger partial charge on any atom is 0.405 e. The van der Waals surface area contributed by atoms with Gasteiger partial charge in [0, 0.05) is 18.9 Å². The molecule has 2 heterocycles. The molecule has 3 fully saturated rings. The van der Waals surface area contributed by atoms with Gasteiger partial charge in [-0.15, -0.1) is 0 Å². The molecular formula is C24H36N4O9S. The van der Waals surface area contributed by atoms with Crippen molar-refractivity contribution < 1.29 is 42.5 Å². The number of amides is 4. The fraction of sp³-hybridized carbons (Fsp3) is 0.750. The Hall–Kier alpha value is -2.71. The molecule has 0 aromatic rings. The van der Waals surface area contributed by atoms with Crippen molar-refractivity contribution in [3.8, 4) is 0 Å². The molecule has 212 valence electrons. The van der Waals surface area contributed by atoms with E-state index >= 15 is 0 Å². The lowest BCUT2D eigenvalue weighted by atomic mass is 10.0. The molecule has 7 atom stereocenters. The molecule has 0 aromatic carbocycles. The first-order valence-electron chi connectivity index (χ1n) is 13.1. The third kappa shape index (κ3) is 5.96. The van der Waals surface area contributed by atoms with Gasteiger partial charge in [0.15, 0.2) is 0 Å². The van der Waals surface area contributed by atoms with Crippen molar-refractivity contribution in [2.75, 3.05) is 6.54 Å². The Morgan fingerprint density at radius 2 is 1.97 bits per heavy atom. The summed E-state index contributed by atoms with van der Waals surface area (Å²) in [5.74, 6) is -2.74. The Kier molecular flexibility index (Phi) is 8.05. The zero-order valence-electron chi connectivity index (χ0n) is 21.5. The van der Waals surface area contributed by atoms with E-state index in [4.69, 9.17) is 4.74 Å². The lowest BCUT2D eigenvalue weighted by Crippen LogP contribution is -2.60. The van der Waals surface area contributed by atoms with E-state index in [1.54, 1.807) is 13.0 Å². The fourth-order valence-corrected chi connectivity index (χ4v) is 6.63. The Labute approximate surface area is 221 Å². The van der Waals surface area contributed by atoms with Crippen molar-refractivity contribution in [3.05, 3.63) is 12.2 Å². The van der Waals surface area contributed by atoms with Gasteiger partial charge >= 0.3 is 6.09 Å². The minimum Gasteiger partial charge on any atom is -0.465 e. The number of carbonyl (C=O) groups excluding carboxylic acids is 3. The van der Waals surface area contributed by atoms with Crippen molar-refractivity contribution in [2.45, 2.75) is 100.0 Å². The van der Waals surface area contributed by atoms with Gasteiger partial charge in [0.1, 0.15) is 17.6 Å². The highest BCUT2D eigenvalue weighted by atomic mass is 32.2. The van der Waals surface area contributed by atoms with Crippen molar-refractivity contribution in [1.29, 1.82) is 0 Å². The maximum absolute atomic E-state index is 13.6. The Bertz CT molecular complexity index is 1110. The normalized spacial score (nSPS) is 36.2. The molecule has 14 heteroatoms. The van der Waals surface area contributed by atoms with Crippen molar-refractivity contribution in [2.24, 2.45) is 5.92 Å². The van der Waals surface area contributed by atoms with E-state index in [9.17, 15) is 37.8 Å². The monoisotopic (exact) mass is 556 g/mol. The van der Waals surface area contributed by atoms with Crippen LogP contribution in [0.3, 0.4) is 0 Å². The molecule has 0 bridgehead atoms. The predicted octanol–water partition coefficient (Wildman–Crippen LogP) is -0.399. The number of nitrogens with zero attached hydrogens (tertiary/aromatic N) is 1. The van der Waals surface area contributed by atoms with Gasteiger partial charge in [-0.1, -0.05) is 19.1 Å². The summed E-state index contributed by atoms with van der Waals surface area (Å²) in [5, 5.41) is 24.0. The third-order valence-electron chi connectivity index (χ3n) is 7.66. The summed E-state index contributed by atoms with van der Waals surface area (Å²) in [6.45, 7) is 3.35. The second kappa shape index (κ2) is 10.8. The minimum absolute atomic E-state index is 0.121. The van der Waals surface area contributed by atoms with Crippen molar-refractivity contribution in [3.63, 3.8) is 0 Å². The quantitative estimate of drug-likeness (QED) is 0.280. The lowest BCUT2D eigenvalue weighted by molar-refractivity contribution is -0.145. The molecule has 4 rings (SSSR count). The molecule has 13 nitrogen and oxygen atoms in total. The maximum atomic E-state index is 13.6. The van der Waals surface area contributed by atoms with E-state index in [1.807, 2.05) is 13.0 Å². The number of rotatable bonds is 5. The van der Waals surface area contributed by atoms with Crippen LogP contribution in [0.15, 0.2) is 12.2 Å². The van der Waals surface area contributed by atoms with E-state index < -0.39 is 74.8 Å². The average Bonchev–Trinajstić information content (AvgIpc) is 3.75. The highest BCUT2D eigenvalue weighted by Gasteiger charge is 2.62. The van der Waals surface area contributed by atoms with Gasteiger partial charge in [0.25, 0.3) is 5.91 Å². The summed E-state index contributed by atoms with van der Waals surface area (Å²) >= 11 is 0. The number of carbonyl (C=O) groups is 4. The Morgan fingerprint density at radius 3 is 2.61 bits per heavy atom. The van der Waals surface area contributed by atoms with Gasteiger partial charge in [-0.3, -0.25) is 19.1 Å². The number of hydrogen-bond acceptors (Lipinski definition) is 8. The van der Waals surface area contributed by atoms with Crippen LogP contribution in [0.1, 0.15) is 58.8 Å². The number of ether oxygens (including phenoxy) is 1. The summed E-state index contributed by atoms with van der Waals surface area (Å²) in [6, 6.07) is -2.51. The number of sulfonamides is 1. The third-order valence-corrected chi connectivity index (χ3v) is 9.48. The highest BCUT2D eigenvalue weighted by Crippen LogP contribution is 2.46. The average molecular weight is 557 g/mol. The molecule has 4 amide bonds. The van der Waals surface area contributed by atoms with Gasteiger partial charge < -0.3 is 30.5 Å². The summed E-state index contributed by atoms with van der Waals surface area (Å²) < 4.78 is 33.1. The van der Waals surface area contributed by atoms with Gasteiger partial charge in [0.2, 0.25) is 21.8 Å². The van der Waals surface area contributed by atoms with Crippen LogP contribution >= 0.6 is 0 Å². The smallest absolute Gasteiger partial charge is 0.405 e. The molecule has 0 unspecified atom stereocenters. The van der Waals surface area contributed by atoms with Crippen molar-refractivity contribution >= 4 is 33.8 Å². The molecule has 5 N–H and O–H groups in total. The molecular weight excluding hydrogens is 520 g/mol. The first kappa shape index (κ1) is 28.3. The molecule has 1 saturated heterocycles. The van der Waals surface area contributed by atoms with Crippen LogP contribution < -0.4 is 15.4 Å². The Morgan fingerprint density at radius 1 is 1.26 bits per heavy atom. The number of hydrogen-bond donors (Lipinski definition) is 5. The van der Waals surface area contributed by atoms with E-state index in [0.29, 0.717) is 32.1 Å². The lowest BCUT2D eigenvalue weighted by Gasteiger charge is -2.33. The van der Waals surface area contributed by atoms with Crippen LogP contribution in [0.2, 0.25) is 0 Å². The largest absolute Gasteiger partial charge is 0.465 e. The van der Waals surface area contributed by atoms with Crippen molar-refractivity contribution in [1.82, 2.24) is 20.3 Å². The van der Waals surface area contributed by atoms with Crippen LogP contribution in [-0.4, -0.2) is 95.1 Å². The number of aliphatic hydroxyl groups excluding tert-OH is 1. The number of allylic oxidation sites excluding steroid dienone is 1. The second-order valence-corrected chi connectivity index (χ2v) is 12.6. The topological polar surface area (TPSA) is 191 Å². The molecule has 2 aliphatic carbocycles. The van der Waals surface area contributed by atoms with Crippen LogP contribution in [-0.2, 0) is 29.1 Å². The summed E-state index contributed by atoms with van der Waals surface area (Å²) in [6.07, 6.45) is 2.36. The molecule has 0 spiro atoms. The van der Waals surface area contributed by atoms with Gasteiger partial charge in [-0.05, 0) is 45.4 Å². The fourth-order valence-electron chi connectivity index (χ4n) is 5.27. The van der Waals surface area contributed by atoms with Crippen LogP contribution in [0, 0.1) is 5.92 Å². The van der Waals surface area contributed by atoms with E-state index in [2.05, 4.69) is 15.4 Å². The molecule has 2 saturated carbocycles. The van der Waals surface area contributed by atoms with E-state index in [1.165, 1.54) is 0 Å². The summed E-state index contributed by atoms with van der Waals surface area (Å²) in [5.41, 5.74) is -1.51. The second-order valence-electron chi connectivity index (χ2n) is 10.7. The number of nitrogens with one attached hydrogen (secondary N) is 3. The minimum atomic E-state index is -3.86. The first-order valence-corrected chi connectivity index (χ1v) is 14.6. The number of carboxylic acid groups (broad SMARTS) is 1. The molecule has 0 radical (unpaired) electrons. The SMILES string of the molecule is CC[C@@H]1O[C@H](C)CCC=C[C@@H]2C[C@@]2(C(=O)NS(=O)(=O)C2CC2)NC(=O)[C@@H]2C[C@@H](O)CN2C(=O)[C@H]1NC(=O)O. The van der Waals surface area contributed by atoms with Crippen LogP contribution in [0.5, 0.6) is 0 Å². The van der Waals surface area contributed by atoms with E-state index in [0.717, 1.165) is 4.90 Å². The van der Waals surface area contributed by atoms with Gasteiger partial charge in [-0.25, -0.2) is 13.2 Å². The molecule has 2 aliphatic heterocycles. The van der Waals surface area contributed by atoms with Gasteiger partial charge in [0.05, 0.1) is 23.6 Å². The summed E-state index contributed by atoms with van der Waals surface area (Å²) in [4.78, 5) is 53.0.